The van der Waals surface area contributed by atoms with Gasteiger partial charge in [0.1, 0.15) is 0 Å². The third-order valence-electron chi connectivity index (χ3n) is 4.14. The summed E-state index contributed by atoms with van der Waals surface area (Å²) < 4.78 is 26.9. The highest BCUT2D eigenvalue weighted by atomic mass is 35.5. The quantitative estimate of drug-likeness (QED) is 0.869. The van der Waals surface area contributed by atoms with Crippen LogP contribution in [-0.4, -0.2) is 38.9 Å². The number of sulfonamides is 1. The minimum Gasteiger partial charge on any atom is -0.316 e. The second-order valence-corrected chi connectivity index (χ2v) is 8.25. The minimum absolute atomic E-state index is 0. The molecule has 2 aliphatic heterocycles. The molecule has 0 bridgehead atoms. The van der Waals surface area contributed by atoms with Crippen LogP contribution in [0.5, 0.6) is 0 Å². The van der Waals surface area contributed by atoms with Crippen LogP contribution in [0.1, 0.15) is 6.42 Å². The smallest absolute Gasteiger partial charge is 0.243 e. The zero-order valence-corrected chi connectivity index (χ0v) is 14.4. The molecule has 118 valence electrons. The highest BCUT2D eigenvalue weighted by molar-refractivity contribution is 7.89. The van der Waals surface area contributed by atoms with Gasteiger partial charge in [-0.15, -0.1) is 12.4 Å². The summed E-state index contributed by atoms with van der Waals surface area (Å²) in [5.41, 5.74) is 0. The number of hydrogen-bond acceptors (Lipinski definition) is 3. The number of halogens is 3. The summed E-state index contributed by atoms with van der Waals surface area (Å²) in [7, 11) is -3.51. The van der Waals surface area contributed by atoms with Crippen LogP contribution in [0.4, 0.5) is 0 Å². The second kappa shape index (κ2) is 6.60. The first-order valence-electron chi connectivity index (χ1n) is 6.64. The van der Waals surface area contributed by atoms with Crippen LogP contribution in [0.25, 0.3) is 0 Å². The number of hydrogen-bond donors (Lipinski definition) is 1. The summed E-state index contributed by atoms with van der Waals surface area (Å²) in [5.74, 6) is 1.01. The van der Waals surface area contributed by atoms with E-state index in [1.54, 1.807) is 4.31 Å². The first kappa shape index (κ1) is 17.3. The van der Waals surface area contributed by atoms with E-state index in [0.717, 1.165) is 19.5 Å². The predicted octanol–water partition coefficient (Wildman–Crippen LogP) is 2.65. The summed E-state index contributed by atoms with van der Waals surface area (Å²) >= 11 is 11.8. The summed E-state index contributed by atoms with van der Waals surface area (Å²) in [6.45, 7) is 3.04. The molecule has 21 heavy (non-hydrogen) atoms. The van der Waals surface area contributed by atoms with Crippen molar-refractivity contribution >= 4 is 45.6 Å². The fourth-order valence-electron chi connectivity index (χ4n) is 3.05. The Labute approximate surface area is 141 Å². The zero-order chi connectivity index (χ0) is 14.3. The Morgan fingerprint density at radius 3 is 2.38 bits per heavy atom. The van der Waals surface area contributed by atoms with Crippen LogP contribution >= 0.6 is 35.6 Å². The molecule has 1 aromatic carbocycles. The Morgan fingerprint density at radius 1 is 1.10 bits per heavy atom. The number of nitrogens with zero attached hydrogens (tertiary/aromatic N) is 1. The van der Waals surface area contributed by atoms with Crippen molar-refractivity contribution < 1.29 is 8.42 Å². The van der Waals surface area contributed by atoms with E-state index < -0.39 is 10.0 Å². The largest absolute Gasteiger partial charge is 0.316 e. The highest BCUT2D eigenvalue weighted by Crippen LogP contribution is 2.31. The van der Waals surface area contributed by atoms with Crippen molar-refractivity contribution in [1.29, 1.82) is 0 Å². The summed E-state index contributed by atoms with van der Waals surface area (Å²) in [4.78, 5) is 0.180. The predicted molar refractivity (Wildman–Crippen MR) is 86.9 cm³/mol. The number of fused-ring (bicyclic) bond motifs is 1. The maximum Gasteiger partial charge on any atom is 0.243 e. The van der Waals surface area contributed by atoms with E-state index in [0.29, 0.717) is 35.0 Å². The van der Waals surface area contributed by atoms with Crippen LogP contribution in [0.15, 0.2) is 23.1 Å². The Bertz CT molecular complexity index is 604. The molecule has 8 heteroatoms. The molecular weight excluding hydrogens is 355 g/mol. The van der Waals surface area contributed by atoms with Gasteiger partial charge in [-0.1, -0.05) is 23.2 Å². The number of piperidine rings is 1. The molecule has 3 rings (SSSR count). The lowest BCUT2D eigenvalue weighted by atomic mass is 9.90. The second-order valence-electron chi connectivity index (χ2n) is 5.44. The lowest BCUT2D eigenvalue weighted by Crippen LogP contribution is -2.43. The lowest BCUT2D eigenvalue weighted by molar-refractivity contribution is 0.228. The molecular formula is C13H17Cl3N2O2S. The zero-order valence-electron chi connectivity index (χ0n) is 11.3. The van der Waals surface area contributed by atoms with Gasteiger partial charge in [0.25, 0.3) is 0 Å². The monoisotopic (exact) mass is 370 g/mol. The van der Waals surface area contributed by atoms with Crippen molar-refractivity contribution in [2.45, 2.75) is 11.3 Å². The van der Waals surface area contributed by atoms with Gasteiger partial charge in [-0.2, -0.15) is 4.31 Å². The van der Waals surface area contributed by atoms with E-state index in [1.165, 1.54) is 18.2 Å². The highest BCUT2D eigenvalue weighted by Gasteiger charge is 2.37. The minimum atomic E-state index is -3.51. The van der Waals surface area contributed by atoms with Gasteiger partial charge in [0.15, 0.2) is 0 Å². The number of nitrogens with one attached hydrogen (secondary N) is 1. The van der Waals surface area contributed by atoms with Crippen molar-refractivity contribution in [3.8, 4) is 0 Å². The molecule has 0 spiro atoms. The van der Waals surface area contributed by atoms with Gasteiger partial charge in [0, 0.05) is 23.1 Å². The molecule has 2 aliphatic rings. The van der Waals surface area contributed by atoms with E-state index >= 15 is 0 Å². The van der Waals surface area contributed by atoms with Gasteiger partial charge in [-0.25, -0.2) is 8.42 Å². The average molecular weight is 372 g/mol. The summed E-state index contributed by atoms with van der Waals surface area (Å²) in [6.07, 6.45) is 0.908. The van der Waals surface area contributed by atoms with Gasteiger partial charge in [-0.3, -0.25) is 0 Å². The lowest BCUT2D eigenvalue weighted by Gasteiger charge is -2.33. The van der Waals surface area contributed by atoms with Crippen LogP contribution < -0.4 is 5.32 Å². The van der Waals surface area contributed by atoms with E-state index in [9.17, 15) is 8.42 Å². The van der Waals surface area contributed by atoms with Crippen LogP contribution in [0.3, 0.4) is 0 Å². The number of benzene rings is 1. The Kier molecular flexibility index (Phi) is 5.45. The number of rotatable bonds is 2. The summed E-state index contributed by atoms with van der Waals surface area (Å²) in [6, 6.07) is 4.46. The van der Waals surface area contributed by atoms with Gasteiger partial charge in [0.05, 0.1) is 4.90 Å². The van der Waals surface area contributed by atoms with E-state index in [-0.39, 0.29) is 17.3 Å². The first-order chi connectivity index (χ1) is 9.46. The molecule has 2 fully saturated rings. The Balaban J connectivity index is 0.00000161. The fraction of sp³-hybridized carbons (Fsp3) is 0.538. The topological polar surface area (TPSA) is 49.4 Å². The molecule has 2 atom stereocenters. The van der Waals surface area contributed by atoms with Gasteiger partial charge in [-0.05, 0) is 49.5 Å². The van der Waals surface area contributed by atoms with Crippen molar-refractivity contribution in [1.82, 2.24) is 9.62 Å². The Hall–Kier alpha value is -0.0400. The molecule has 2 heterocycles. The standard InChI is InChI=1S/C13H16Cl2N2O2S.ClH/c14-11-3-12(15)5-13(4-11)20(18,19)17-2-1-9-6-16-7-10(9)8-17;/h3-5,9-10,16H,1-2,6-8H2;1H. The van der Waals surface area contributed by atoms with Crippen molar-refractivity contribution in [2.24, 2.45) is 11.8 Å². The first-order valence-corrected chi connectivity index (χ1v) is 8.83. The van der Waals surface area contributed by atoms with Crippen LogP contribution in [-0.2, 0) is 10.0 Å². The van der Waals surface area contributed by atoms with Crippen molar-refractivity contribution in [3.63, 3.8) is 0 Å². The van der Waals surface area contributed by atoms with E-state index in [1.807, 2.05) is 0 Å². The van der Waals surface area contributed by atoms with Gasteiger partial charge < -0.3 is 5.32 Å². The van der Waals surface area contributed by atoms with E-state index in [4.69, 9.17) is 23.2 Å². The van der Waals surface area contributed by atoms with Gasteiger partial charge in [0.2, 0.25) is 10.0 Å². The maximum atomic E-state index is 12.7. The molecule has 0 saturated carbocycles. The van der Waals surface area contributed by atoms with Crippen molar-refractivity contribution in [3.05, 3.63) is 28.2 Å². The van der Waals surface area contributed by atoms with Crippen molar-refractivity contribution in [2.75, 3.05) is 26.2 Å². The molecule has 0 aromatic heterocycles. The molecule has 1 N–H and O–H groups in total. The molecule has 4 nitrogen and oxygen atoms in total. The van der Waals surface area contributed by atoms with Crippen LogP contribution in [0.2, 0.25) is 10.0 Å². The molecule has 0 aliphatic carbocycles. The fourth-order valence-corrected chi connectivity index (χ4v) is 5.29. The van der Waals surface area contributed by atoms with Crippen LogP contribution in [0, 0.1) is 11.8 Å². The molecule has 0 radical (unpaired) electrons. The summed E-state index contributed by atoms with van der Waals surface area (Å²) in [5, 5.41) is 4.01. The molecule has 1 aromatic rings. The molecule has 2 saturated heterocycles. The molecule has 0 amide bonds. The van der Waals surface area contributed by atoms with E-state index in [2.05, 4.69) is 5.32 Å². The average Bonchev–Trinajstić information content (AvgIpc) is 2.84. The maximum absolute atomic E-state index is 12.7. The van der Waals surface area contributed by atoms with Gasteiger partial charge >= 0.3 is 0 Å². The third-order valence-corrected chi connectivity index (χ3v) is 6.42. The normalized spacial score (nSPS) is 26.2. The third kappa shape index (κ3) is 3.49. The SMILES string of the molecule is Cl.O=S(=O)(c1cc(Cl)cc(Cl)c1)N1CCC2CNCC2C1. The Morgan fingerprint density at radius 2 is 1.71 bits per heavy atom. The molecule has 2 unspecified atom stereocenters.